The minimum absolute atomic E-state index is 0.0581. The third-order valence-corrected chi connectivity index (χ3v) is 10.8. The van der Waals surface area contributed by atoms with Gasteiger partial charge in [0, 0.05) is 23.6 Å². The average Bonchev–Trinajstić information content (AvgIpc) is 3.54. The van der Waals surface area contributed by atoms with Crippen molar-refractivity contribution in [3.63, 3.8) is 0 Å². The van der Waals surface area contributed by atoms with Crippen molar-refractivity contribution in [2.45, 2.75) is 90.0 Å². The molecule has 1 aliphatic carbocycles. The molecule has 0 bridgehead atoms. The first kappa shape index (κ1) is 41.6. The van der Waals surface area contributed by atoms with Crippen LogP contribution in [0.15, 0.2) is 60.7 Å². The molecule has 4 aromatic rings. The fourth-order valence-corrected chi connectivity index (χ4v) is 7.06. The quantitative estimate of drug-likeness (QED) is 0.0648. The largest absolute Gasteiger partial charge is 0.506 e. The number of aromatic hydroxyl groups is 1. The number of H-pyrrole nitrogens is 1. The summed E-state index contributed by atoms with van der Waals surface area (Å²) in [5.41, 5.74) is -1.79. The van der Waals surface area contributed by atoms with Crippen molar-refractivity contribution in [2.75, 3.05) is 12.4 Å². The number of halogens is 4. The molecule has 2 unspecified atom stereocenters. The lowest BCUT2D eigenvalue weighted by Crippen LogP contribution is -2.67. The van der Waals surface area contributed by atoms with E-state index in [1.54, 1.807) is 19.9 Å². The Morgan fingerprint density at radius 2 is 1.61 bits per heavy atom. The Hall–Kier alpha value is -5.60. The molecular formula is C41H47F4N5O6. The number of ether oxygens (including phenoxy) is 1. The van der Waals surface area contributed by atoms with Crippen LogP contribution in [0.3, 0.4) is 0 Å². The van der Waals surface area contributed by atoms with Gasteiger partial charge in [-0.15, -0.1) is 0 Å². The molecule has 56 heavy (non-hydrogen) atoms. The number of phenolic OH excluding ortho intramolecular Hbond substituents is 1. The van der Waals surface area contributed by atoms with E-state index in [2.05, 4.69) is 26.3 Å². The molecule has 0 radical (unpaired) electrons. The lowest BCUT2D eigenvalue weighted by Gasteiger charge is -2.39. The van der Waals surface area contributed by atoms with Gasteiger partial charge in [0.15, 0.2) is 0 Å². The fraction of sp³-hybridized carbons (Fsp3) is 0.415. The molecule has 0 aliphatic heterocycles. The Morgan fingerprint density at radius 3 is 2.23 bits per heavy atom. The van der Waals surface area contributed by atoms with E-state index in [0.29, 0.717) is 29.8 Å². The van der Waals surface area contributed by atoms with Gasteiger partial charge in [-0.2, -0.15) is 13.2 Å². The number of aryl methyl sites for hydroxylation is 1. The molecule has 15 heteroatoms. The molecule has 0 saturated carbocycles. The second kappa shape index (κ2) is 17.0. The van der Waals surface area contributed by atoms with Crippen molar-refractivity contribution in [2.24, 2.45) is 11.8 Å². The zero-order chi connectivity index (χ0) is 40.9. The number of para-hydroxylation sites is 1. The summed E-state index contributed by atoms with van der Waals surface area (Å²) in [4.78, 5) is 59.1. The number of hydrogen-bond donors (Lipinski definition) is 6. The smallest absolute Gasteiger partial charge is 0.418 e. The topological polar surface area (TPSA) is 162 Å². The Balaban J connectivity index is 1.52. The van der Waals surface area contributed by atoms with Crippen molar-refractivity contribution in [3.8, 4) is 11.5 Å². The SMILES string of the molecule is CCC(C)[C@H](NC(=O)Cc1ccccc1F)C(=O)N[C@]1(C(=O)N[C@H](C(=O)Nc2ccc(OC)cc2O)C(C)CC)CCc2[nH]c3c(C(F)(F)F)cccc3c2C1. The molecule has 5 rings (SSSR count). The molecule has 6 N–H and O–H groups in total. The molecular weight excluding hydrogens is 734 g/mol. The lowest BCUT2D eigenvalue weighted by atomic mass is 9.78. The summed E-state index contributed by atoms with van der Waals surface area (Å²) in [5.74, 6) is -4.23. The van der Waals surface area contributed by atoms with Crippen LogP contribution < -0.4 is 26.0 Å². The third-order valence-electron chi connectivity index (χ3n) is 10.8. The average molecular weight is 782 g/mol. The van der Waals surface area contributed by atoms with Crippen LogP contribution in [-0.4, -0.2) is 58.5 Å². The Kier molecular flexibility index (Phi) is 12.6. The Labute approximate surface area is 322 Å². The second-order valence-electron chi connectivity index (χ2n) is 14.5. The van der Waals surface area contributed by atoms with E-state index in [4.69, 9.17) is 4.74 Å². The van der Waals surface area contributed by atoms with Gasteiger partial charge in [0.2, 0.25) is 23.6 Å². The van der Waals surface area contributed by atoms with Gasteiger partial charge in [-0.3, -0.25) is 19.2 Å². The van der Waals surface area contributed by atoms with Crippen molar-refractivity contribution in [1.29, 1.82) is 0 Å². The van der Waals surface area contributed by atoms with E-state index < -0.39 is 70.6 Å². The van der Waals surface area contributed by atoms with Crippen LogP contribution in [0, 0.1) is 17.7 Å². The molecule has 1 aliphatic rings. The van der Waals surface area contributed by atoms with Gasteiger partial charge >= 0.3 is 6.18 Å². The number of alkyl halides is 3. The first-order valence-corrected chi connectivity index (χ1v) is 18.5. The normalized spacial score (nSPS) is 17.5. The van der Waals surface area contributed by atoms with Crippen molar-refractivity contribution in [1.82, 2.24) is 20.9 Å². The number of amides is 4. The highest BCUT2D eigenvalue weighted by Gasteiger charge is 2.47. The van der Waals surface area contributed by atoms with Gasteiger partial charge in [-0.25, -0.2) is 4.39 Å². The van der Waals surface area contributed by atoms with E-state index in [0.717, 1.165) is 6.07 Å². The number of carbonyl (C=O) groups is 4. The lowest BCUT2D eigenvalue weighted by molar-refractivity contribution is -0.138. The highest BCUT2D eigenvalue weighted by atomic mass is 19.4. The zero-order valence-corrected chi connectivity index (χ0v) is 31.8. The highest BCUT2D eigenvalue weighted by Crippen LogP contribution is 2.40. The number of aromatic amines is 1. The summed E-state index contributed by atoms with van der Waals surface area (Å²) in [5, 5.41) is 21.8. The van der Waals surface area contributed by atoms with E-state index in [1.807, 2.05) is 13.8 Å². The summed E-state index contributed by atoms with van der Waals surface area (Å²) in [6.45, 7) is 7.10. The van der Waals surface area contributed by atoms with E-state index in [-0.39, 0.29) is 53.6 Å². The molecule has 5 atom stereocenters. The van der Waals surface area contributed by atoms with Crippen LogP contribution in [0.2, 0.25) is 0 Å². The standard InChI is InChI=1S/C41H47F4N5O6/c1-6-22(3)34(37(53)47-31-16-15-25(56-5)20-32(31)51)49-39(55)40(18-17-30-27(21-40)26-12-10-13-28(36(26)46-30)41(43,44)45)50-38(54)35(23(4)7-2)48-33(52)19-24-11-8-9-14-29(24)42/h8-16,20,22-23,34-35,46,51H,6-7,17-19,21H2,1-5H3,(H,47,53)(H,48,52)(H,49,55)(H,50,54)/t22?,23?,34-,35-,40+/m0/s1. The van der Waals surface area contributed by atoms with Crippen LogP contribution in [0.5, 0.6) is 11.5 Å². The predicted octanol–water partition coefficient (Wildman–Crippen LogP) is 6.33. The number of nitrogens with one attached hydrogen (secondary N) is 5. The van der Waals surface area contributed by atoms with E-state index in [1.165, 1.54) is 55.6 Å². The third kappa shape index (κ3) is 8.92. The van der Waals surface area contributed by atoms with Gasteiger partial charge in [-0.1, -0.05) is 70.9 Å². The Morgan fingerprint density at radius 1 is 0.929 bits per heavy atom. The highest BCUT2D eigenvalue weighted by molar-refractivity contribution is 6.02. The second-order valence-corrected chi connectivity index (χ2v) is 14.5. The predicted molar refractivity (Wildman–Crippen MR) is 202 cm³/mol. The first-order valence-electron chi connectivity index (χ1n) is 18.5. The maximum Gasteiger partial charge on any atom is 0.418 e. The van der Waals surface area contributed by atoms with Crippen molar-refractivity contribution in [3.05, 3.63) is 88.9 Å². The van der Waals surface area contributed by atoms with Crippen LogP contribution in [0.4, 0.5) is 23.2 Å². The van der Waals surface area contributed by atoms with Gasteiger partial charge in [0.25, 0.3) is 0 Å². The molecule has 3 aromatic carbocycles. The number of hydrogen-bond acceptors (Lipinski definition) is 6. The van der Waals surface area contributed by atoms with Crippen LogP contribution >= 0.6 is 0 Å². The minimum Gasteiger partial charge on any atom is -0.506 e. The van der Waals surface area contributed by atoms with Gasteiger partial charge < -0.3 is 36.1 Å². The van der Waals surface area contributed by atoms with Crippen LogP contribution in [0.25, 0.3) is 10.9 Å². The number of methoxy groups -OCH3 is 1. The zero-order valence-electron chi connectivity index (χ0n) is 31.8. The maximum absolute atomic E-state index is 14.8. The molecule has 1 aromatic heterocycles. The number of anilines is 1. The summed E-state index contributed by atoms with van der Waals surface area (Å²) in [6.07, 6.45) is -4.42. The van der Waals surface area contributed by atoms with E-state index in [9.17, 15) is 41.8 Å². The molecule has 11 nitrogen and oxygen atoms in total. The minimum atomic E-state index is -4.67. The molecule has 0 fully saturated rings. The van der Waals surface area contributed by atoms with Crippen LogP contribution in [0.1, 0.15) is 69.3 Å². The Bertz CT molecular complexity index is 2100. The summed E-state index contributed by atoms with van der Waals surface area (Å²) in [6, 6.07) is 11.4. The van der Waals surface area contributed by atoms with Gasteiger partial charge in [-0.05, 0) is 60.1 Å². The monoisotopic (exact) mass is 781 g/mol. The van der Waals surface area contributed by atoms with Crippen molar-refractivity contribution < 1.29 is 46.6 Å². The fourth-order valence-electron chi connectivity index (χ4n) is 7.06. The summed E-state index contributed by atoms with van der Waals surface area (Å²) in [7, 11) is 1.42. The van der Waals surface area contributed by atoms with E-state index >= 15 is 0 Å². The molecule has 1 heterocycles. The summed E-state index contributed by atoms with van der Waals surface area (Å²) >= 11 is 0. The molecule has 0 spiro atoms. The number of aromatic nitrogens is 1. The molecule has 300 valence electrons. The number of phenols is 1. The first-order chi connectivity index (χ1) is 26.5. The number of fused-ring (bicyclic) bond motifs is 3. The maximum atomic E-state index is 14.8. The van der Waals surface area contributed by atoms with Gasteiger partial charge in [0.05, 0.1) is 30.3 Å². The van der Waals surface area contributed by atoms with Gasteiger partial charge in [0.1, 0.15) is 34.9 Å². The molecule has 0 saturated heterocycles. The number of rotatable bonds is 14. The van der Waals surface area contributed by atoms with Crippen LogP contribution in [-0.2, 0) is 44.6 Å². The van der Waals surface area contributed by atoms with Crippen molar-refractivity contribution >= 4 is 40.2 Å². The molecule has 4 amide bonds. The number of benzene rings is 3. The number of carbonyl (C=O) groups excluding carboxylic acids is 4. The summed E-state index contributed by atoms with van der Waals surface area (Å²) < 4.78 is 61.8.